The molecule has 0 bridgehead atoms. The minimum Gasteiger partial charge on any atom is -0.493 e. The summed E-state index contributed by atoms with van der Waals surface area (Å²) in [5.74, 6) is 6.60. The van der Waals surface area contributed by atoms with Crippen molar-refractivity contribution in [1.29, 1.82) is 0 Å². The fraction of sp³-hybridized carbons (Fsp3) is 0.261. The van der Waals surface area contributed by atoms with E-state index in [0.717, 1.165) is 27.8 Å². The van der Waals surface area contributed by atoms with Gasteiger partial charge in [0.2, 0.25) is 5.91 Å². The first-order valence-electron chi connectivity index (χ1n) is 9.22. The molecule has 2 aromatic carbocycles. The minimum absolute atomic E-state index is 0.0668. The summed E-state index contributed by atoms with van der Waals surface area (Å²) in [4.78, 5) is 17.1. The van der Waals surface area contributed by atoms with Crippen LogP contribution in [0.15, 0.2) is 36.5 Å². The van der Waals surface area contributed by atoms with Crippen LogP contribution in [-0.2, 0) is 4.79 Å². The summed E-state index contributed by atoms with van der Waals surface area (Å²) in [6.45, 7) is 2.27. The molecule has 28 heavy (non-hydrogen) atoms. The number of nitrogens with one attached hydrogen (secondary N) is 1. The van der Waals surface area contributed by atoms with Crippen molar-refractivity contribution in [3.05, 3.63) is 64.6 Å². The first-order chi connectivity index (χ1) is 13.5. The summed E-state index contributed by atoms with van der Waals surface area (Å²) in [7, 11) is 3.53. The van der Waals surface area contributed by atoms with E-state index in [1.54, 1.807) is 38.2 Å². The van der Waals surface area contributed by atoms with Gasteiger partial charge in [0.1, 0.15) is 11.6 Å². The van der Waals surface area contributed by atoms with Gasteiger partial charge in [-0.05, 0) is 37.1 Å². The smallest absolute Gasteiger partial charge is 0.229 e. The molecule has 0 saturated carbocycles. The molecular formula is C23H21FN2O2. The van der Waals surface area contributed by atoms with Gasteiger partial charge in [-0.15, -0.1) is 0 Å². The number of aromatic amines is 1. The maximum atomic E-state index is 14.2. The lowest BCUT2D eigenvalue weighted by Gasteiger charge is -2.27. The van der Waals surface area contributed by atoms with E-state index in [1.807, 2.05) is 24.3 Å². The first kappa shape index (κ1) is 18.1. The lowest BCUT2D eigenvalue weighted by molar-refractivity contribution is -0.130. The highest BCUT2D eigenvalue weighted by Crippen LogP contribution is 2.35. The molecule has 0 aliphatic carbocycles. The Balaban J connectivity index is 1.71. The molecule has 4 rings (SSSR count). The molecule has 1 atom stereocenters. The molecule has 0 fully saturated rings. The van der Waals surface area contributed by atoms with Crippen LogP contribution in [0.25, 0.3) is 10.9 Å². The molecule has 0 saturated heterocycles. The molecule has 0 spiro atoms. The molecule has 1 aliphatic rings. The van der Waals surface area contributed by atoms with Gasteiger partial charge in [0.25, 0.3) is 0 Å². The number of likely N-dealkylation sites (N-methyl/N-ethyl adjacent to an activating group) is 1. The first-order valence-corrected chi connectivity index (χ1v) is 9.22. The molecule has 1 amide bonds. The van der Waals surface area contributed by atoms with E-state index < -0.39 is 0 Å². The number of nitrogens with zero attached hydrogens (tertiary/aromatic N) is 1. The molecule has 4 nitrogen and oxygen atoms in total. The average Bonchev–Trinajstić information content (AvgIpc) is 3.11. The van der Waals surface area contributed by atoms with Gasteiger partial charge in [-0.25, -0.2) is 4.39 Å². The largest absolute Gasteiger partial charge is 0.493 e. The van der Waals surface area contributed by atoms with Crippen molar-refractivity contribution in [2.24, 2.45) is 0 Å². The highest BCUT2D eigenvalue weighted by Gasteiger charge is 2.28. The molecule has 1 N–H and O–H groups in total. The Kier molecular flexibility index (Phi) is 4.56. The van der Waals surface area contributed by atoms with E-state index in [9.17, 15) is 9.18 Å². The van der Waals surface area contributed by atoms with Crippen LogP contribution in [0.1, 0.15) is 34.6 Å². The van der Waals surface area contributed by atoms with Crippen molar-refractivity contribution in [2.75, 3.05) is 20.7 Å². The Morgan fingerprint density at radius 1 is 1.25 bits per heavy atom. The number of hydrogen-bond acceptors (Lipinski definition) is 2. The third-order valence-electron chi connectivity index (χ3n) is 5.12. The van der Waals surface area contributed by atoms with Crippen molar-refractivity contribution in [3.8, 4) is 17.6 Å². The molecule has 0 radical (unpaired) electrons. The number of carbonyl (C=O) groups is 1. The van der Waals surface area contributed by atoms with E-state index in [4.69, 9.17) is 4.74 Å². The molecule has 1 aromatic heterocycles. The number of aryl methyl sites for hydroxylation is 1. The summed E-state index contributed by atoms with van der Waals surface area (Å²) >= 11 is 0. The summed E-state index contributed by atoms with van der Waals surface area (Å²) < 4.78 is 19.9. The Labute approximate surface area is 163 Å². The van der Waals surface area contributed by atoms with E-state index in [0.29, 0.717) is 24.1 Å². The normalized spacial score (nSPS) is 15.4. The number of aromatic nitrogens is 1. The van der Waals surface area contributed by atoms with Gasteiger partial charge in [-0.2, -0.15) is 0 Å². The lowest BCUT2D eigenvalue weighted by Crippen LogP contribution is -2.31. The van der Waals surface area contributed by atoms with E-state index in [-0.39, 0.29) is 17.6 Å². The zero-order valence-corrected chi connectivity index (χ0v) is 16.1. The third-order valence-corrected chi connectivity index (χ3v) is 5.12. The van der Waals surface area contributed by atoms with Crippen molar-refractivity contribution in [3.63, 3.8) is 0 Å². The van der Waals surface area contributed by atoms with Crippen molar-refractivity contribution < 1.29 is 13.9 Å². The van der Waals surface area contributed by atoms with Gasteiger partial charge >= 0.3 is 0 Å². The van der Waals surface area contributed by atoms with Gasteiger partial charge in [-0.3, -0.25) is 4.79 Å². The van der Waals surface area contributed by atoms with Crippen LogP contribution in [0.5, 0.6) is 5.75 Å². The van der Waals surface area contributed by atoms with E-state index in [2.05, 4.69) is 16.8 Å². The summed E-state index contributed by atoms with van der Waals surface area (Å²) in [6.07, 6.45) is 2.38. The molecule has 1 unspecified atom stereocenters. The summed E-state index contributed by atoms with van der Waals surface area (Å²) in [5, 5.41) is 0.762. The average molecular weight is 376 g/mol. The zero-order valence-electron chi connectivity index (χ0n) is 16.1. The molecule has 1 aliphatic heterocycles. The highest BCUT2D eigenvalue weighted by atomic mass is 19.1. The van der Waals surface area contributed by atoms with Crippen molar-refractivity contribution >= 4 is 16.8 Å². The quantitative estimate of drug-likeness (QED) is 0.653. The number of rotatable bonds is 1. The van der Waals surface area contributed by atoms with Gasteiger partial charge < -0.3 is 14.6 Å². The van der Waals surface area contributed by atoms with Crippen LogP contribution < -0.4 is 4.74 Å². The Hall–Kier alpha value is -3.26. The number of benzene rings is 2. The van der Waals surface area contributed by atoms with Crippen LogP contribution in [0.3, 0.4) is 0 Å². The highest BCUT2D eigenvalue weighted by molar-refractivity contribution is 5.87. The van der Waals surface area contributed by atoms with Crippen molar-refractivity contribution in [2.45, 2.75) is 19.3 Å². The third kappa shape index (κ3) is 3.11. The van der Waals surface area contributed by atoms with Crippen LogP contribution in [0.2, 0.25) is 0 Å². The molecule has 3 aromatic rings. The number of halogens is 1. The number of ether oxygens (including phenoxy) is 1. The topological polar surface area (TPSA) is 45.3 Å². The second-order valence-electron chi connectivity index (χ2n) is 7.25. The number of carbonyl (C=O) groups excluding carboxylic acids is 1. The Bertz CT molecular complexity index is 1130. The maximum absolute atomic E-state index is 14.2. The predicted molar refractivity (Wildman–Crippen MR) is 107 cm³/mol. The van der Waals surface area contributed by atoms with Gasteiger partial charge in [0, 0.05) is 36.8 Å². The van der Waals surface area contributed by atoms with E-state index in [1.165, 1.54) is 0 Å². The zero-order chi connectivity index (χ0) is 19.8. The number of hydrogen-bond donors (Lipinski definition) is 1. The van der Waals surface area contributed by atoms with E-state index >= 15 is 0 Å². The van der Waals surface area contributed by atoms with Crippen LogP contribution >= 0.6 is 0 Å². The molecular weight excluding hydrogens is 355 g/mol. The summed E-state index contributed by atoms with van der Waals surface area (Å²) in [6, 6.07) is 9.30. The molecule has 2 heterocycles. The second-order valence-corrected chi connectivity index (χ2v) is 7.25. The van der Waals surface area contributed by atoms with Crippen LogP contribution in [0.4, 0.5) is 4.39 Å². The molecule has 5 heteroatoms. The fourth-order valence-corrected chi connectivity index (χ4v) is 3.55. The van der Waals surface area contributed by atoms with Gasteiger partial charge in [0.15, 0.2) is 0 Å². The number of fused-ring (bicyclic) bond motifs is 2. The maximum Gasteiger partial charge on any atom is 0.229 e. The standard InChI is InChI=1S/C23H21FN2O2/c1-14-4-8-17-16(13-25-22(17)21(14)24)7-5-15-6-9-20-19(12-15)18(10-11-28-20)23(27)26(2)3/h4,6,8-9,12-13,18,25H,10-11H2,1-3H3. The Morgan fingerprint density at radius 2 is 2.07 bits per heavy atom. The number of amides is 1. The monoisotopic (exact) mass is 376 g/mol. The summed E-state index contributed by atoms with van der Waals surface area (Å²) in [5.41, 5.74) is 3.48. The fourth-order valence-electron chi connectivity index (χ4n) is 3.55. The predicted octanol–water partition coefficient (Wildman–Crippen LogP) is 3.97. The minimum atomic E-state index is -0.249. The lowest BCUT2D eigenvalue weighted by atomic mass is 9.90. The van der Waals surface area contributed by atoms with Crippen molar-refractivity contribution in [1.82, 2.24) is 9.88 Å². The Morgan fingerprint density at radius 3 is 2.86 bits per heavy atom. The van der Waals surface area contributed by atoms with Crippen LogP contribution in [-0.4, -0.2) is 36.5 Å². The van der Waals surface area contributed by atoms with Crippen LogP contribution in [0, 0.1) is 24.6 Å². The second kappa shape index (κ2) is 7.05. The SMILES string of the molecule is Cc1ccc2c(C#Cc3ccc4c(c3)C(C(=O)N(C)C)CCO4)c[nH]c2c1F. The van der Waals surface area contributed by atoms with Gasteiger partial charge in [0.05, 0.1) is 23.6 Å². The molecule has 142 valence electrons. The number of H-pyrrole nitrogens is 1. The van der Waals surface area contributed by atoms with Gasteiger partial charge in [-0.1, -0.05) is 24.0 Å².